The Balaban J connectivity index is 1.46. The molecule has 42 heavy (non-hydrogen) atoms. The van der Waals surface area contributed by atoms with Crippen LogP contribution in [0.5, 0.6) is 17.2 Å². The van der Waals surface area contributed by atoms with Gasteiger partial charge in [0.1, 0.15) is 29.1 Å². The summed E-state index contributed by atoms with van der Waals surface area (Å²) in [5, 5.41) is 12.0. The van der Waals surface area contributed by atoms with Gasteiger partial charge in [0.05, 0.1) is 35.0 Å². The predicted molar refractivity (Wildman–Crippen MR) is 163 cm³/mol. The van der Waals surface area contributed by atoms with E-state index in [2.05, 4.69) is 6.92 Å². The van der Waals surface area contributed by atoms with Crippen molar-refractivity contribution < 1.29 is 28.9 Å². The minimum Gasteiger partial charge on any atom is -0.507 e. The van der Waals surface area contributed by atoms with Crippen LogP contribution in [0.2, 0.25) is 0 Å². The van der Waals surface area contributed by atoms with E-state index in [1.54, 1.807) is 12.1 Å². The molecule has 3 aromatic carbocycles. The molecule has 1 amide bonds. The lowest BCUT2D eigenvalue weighted by atomic mass is 9.94. The number of hydrogen-bond donors (Lipinski definition) is 1. The van der Waals surface area contributed by atoms with Crippen LogP contribution in [0.25, 0.3) is 16.0 Å². The molecular formula is C33H32N2O6S. The second-order valence-corrected chi connectivity index (χ2v) is 11.5. The van der Waals surface area contributed by atoms with E-state index in [1.807, 2.05) is 62.4 Å². The van der Waals surface area contributed by atoms with Crippen LogP contribution in [0.4, 0.5) is 5.13 Å². The molecule has 4 aromatic rings. The highest BCUT2D eigenvalue weighted by Crippen LogP contribution is 2.45. The summed E-state index contributed by atoms with van der Waals surface area (Å²) in [5.41, 5.74) is 2.76. The van der Waals surface area contributed by atoms with E-state index in [4.69, 9.17) is 19.2 Å². The number of anilines is 1. The first-order valence-corrected chi connectivity index (χ1v) is 15.1. The lowest BCUT2D eigenvalue weighted by molar-refractivity contribution is -0.132. The van der Waals surface area contributed by atoms with Gasteiger partial charge in [0, 0.05) is 12.0 Å². The molecule has 2 unspecified atom stereocenters. The number of aliphatic hydroxyl groups is 1. The van der Waals surface area contributed by atoms with E-state index in [-0.39, 0.29) is 17.4 Å². The van der Waals surface area contributed by atoms with Crippen molar-refractivity contribution in [1.29, 1.82) is 0 Å². The topological polar surface area (TPSA) is 98.2 Å². The number of carbonyl (C=O) groups excluding carboxylic acids is 2. The van der Waals surface area contributed by atoms with Crippen LogP contribution in [-0.4, -0.2) is 41.1 Å². The van der Waals surface area contributed by atoms with E-state index in [0.717, 1.165) is 28.9 Å². The number of benzene rings is 3. The Morgan fingerprint density at radius 2 is 1.83 bits per heavy atom. The molecule has 0 saturated carbocycles. The minimum atomic E-state index is -0.884. The van der Waals surface area contributed by atoms with Crippen molar-refractivity contribution in [3.8, 4) is 17.2 Å². The van der Waals surface area contributed by atoms with Gasteiger partial charge >= 0.3 is 5.91 Å². The van der Waals surface area contributed by atoms with Crippen LogP contribution in [0.1, 0.15) is 56.3 Å². The summed E-state index contributed by atoms with van der Waals surface area (Å²) >= 11 is 1.30. The first-order valence-electron chi connectivity index (χ1n) is 14.2. The summed E-state index contributed by atoms with van der Waals surface area (Å²) < 4.78 is 18.1. The highest BCUT2D eigenvalue weighted by molar-refractivity contribution is 7.22. The SMILES string of the molecule is CCCCOc1ccc(C2C(=C(O)c3ccc4c(c3)CC(C)O4)C(=O)C(=O)N2c2nc3ccc(OCC)cc3s2)cc1. The zero-order chi connectivity index (χ0) is 29.4. The second kappa shape index (κ2) is 11.5. The Morgan fingerprint density at radius 3 is 2.60 bits per heavy atom. The molecule has 1 fully saturated rings. The Bertz CT molecular complexity index is 1690. The van der Waals surface area contributed by atoms with Crippen LogP contribution in [0.15, 0.2) is 66.2 Å². The minimum absolute atomic E-state index is 0.0147. The van der Waals surface area contributed by atoms with Crippen LogP contribution < -0.4 is 19.1 Å². The molecule has 1 saturated heterocycles. The van der Waals surface area contributed by atoms with Gasteiger partial charge in [-0.1, -0.05) is 36.8 Å². The third kappa shape index (κ3) is 5.09. The third-order valence-corrected chi connectivity index (χ3v) is 8.46. The number of hydrogen-bond acceptors (Lipinski definition) is 8. The van der Waals surface area contributed by atoms with E-state index in [9.17, 15) is 14.7 Å². The van der Waals surface area contributed by atoms with Crippen molar-refractivity contribution in [2.45, 2.75) is 52.2 Å². The molecule has 8 nitrogen and oxygen atoms in total. The fourth-order valence-corrected chi connectivity index (χ4v) is 6.42. The maximum atomic E-state index is 13.7. The highest BCUT2D eigenvalue weighted by Gasteiger charge is 2.48. The largest absolute Gasteiger partial charge is 0.507 e. The first kappa shape index (κ1) is 27.8. The average Bonchev–Trinajstić information content (AvgIpc) is 3.65. The molecule has 0 radical (unpaired) electrons. The summed E-state index contributed by atoms with van der Waals surface area (Å²) in [6, 6.07) is 17.3. The maximum absolute atomic E-state index is 13.7. The smallest absolute Gasteiger partial charge is 0.301 e. The normalized spacial score (nSPS) is 19.3. The van der Waals surface area contributed by atoms with Gasteiger partial charge in [0.2, 0.25) is 0 Å². The quantitative estimate of drug-likeness (QED) is 0.0997. The van der Waals surface area contributed by atoms with Crippen LogP contribution >= 0.6 is 11.3 Å². The van der Waals surface area contributed by atoms with E-state index >= 15 is 0 Å². The van der Waals surface area contributed by atoms with Gasteiger partial charge in [-0.3, -0.25) is 14.5 Å². The molecule has 1 aromatic heterocycles. The number of aliphatic hydroxyl groups excluding tert-OH is 1. The van der Waals surface area contributed by atoms with E-state index in [1.165, 1.54) is 16.2 Å². The Kier molecular flexibility index (Phi) is 7.60. The van der Waals surface area contributed by atoms with Crippen molar-refractivity contribution in [2.24, 2.45) is 0 Å². The van der Waals surface area contributed by atoms with Crippen LogP contribution in [0.3, 0.4) is 0 Å². The van der Waals surface area contributed by atoms with Crippen molar-refractivity contribution in [2.75, 3.05) is 18.1 Å². The van der Waals surface area contributed by atoms with Gasteiger partial charge in [-0.25, -0.2) is 4.98 Å². The standard InChI is InChI=1S/C33H32N2O6S/c1-4-6-15-40-23-10-7-20(8-11-23)29-28(30(36)21-9-14-26-22(17-21)16-19(3)41-26)31(37)32(38)35(29)33-34-25-13-12-24(39-5-2)18-27(25)42-33/h7-14,17-19,29,36H,4-6,15-16H2,1-3H3. The molecular weight excluding hydrogens is 552 g/mol. The molecule has 0 bridgehead atoms. The molecule has 0 spiro atoms. The lowest BCUT2D eigenvalue weighted by Gasteiger charge is -2.23. The molecule has 2 atom stereocenters. The Morgan fingerprint density at radius 1 is 1.05 bits per heavy atom. The van der Waals surface area contributed by atoms with Crippen LogP contribution in [-0.2, 0) is 16.0 Å². The first-order chi connectivity index (χ1) is 20.4. The second-order valence-electron chi connectivity index (χ2n) is 10.5. The molecule has 9 heteroatoms. The number of thiazole rings is 1. The number of Topliss-reactive ketones (excluding diaryl/α,β-unsaturated/α-hetero) is 1. The predicted octanol–water partition coefficient (Wildman–Crippen LogP) is 6.82. The van der Waals surface area contributed by atoms with Gasteiger partial charge in [-0.15, -0.1) is 0 Å². The highest BCUT2D eigenvalue weighted by atomic mass is 32.1. The molecule has 0 aliphatic carbocycles. The number of unbranched alkanes of at least 4 members (excludes halogenated alkanes) is 1. The number of amides is 1. The lowest BCUT2D eigenvalue weighted by Crippen LogP contribution is -2.29. The monoisotopic (exact) mass is 584 g/mol. The Labute approximate surface area is 248 Å². The van der Waals surface area contributed by atoms with E-state index in [0.29, 0.717) is 52.9 Å². The van der Waals surface area contributed by atoms with Gasteiger partial charge in [-0.2, -0.15) is 0 Å². The summed E-state index contributed by atoms with van der Waals surface area (Å²) in [5.74, 6) is 0.418. The number of nitrogens with zero attached hydrogens (tertiary/aromatic N) is 2. The molecule has 3 heterocycles. The zero-order valence-corrected chi connectivity index (χ0v) is 24.6. The van der Waals surface area contributed by atoms with Gasteiger partial charge < -0.3 is 19.3 Å². The summed E-state index contributed by atoms with van der Waals surface area (Å²) in [6.07, 6.45) is 2.69. The van der Waals surface area contributed by atoms with Gasteiger partial charge in [-0.05, 0) is 79.9 Å². The number of aromatic nitrogens is 1. The van der Waals surface area contributed by atoms with Crippen molar-refractivity contribution in [3.63, 3.8) is 0 Å². The average molecular weight is 585 g/mol. The number of fused-ring (bicyclic) bond motifs is 2. The molecule has 1 N–H and O–H groups in total. The molecule has 2 aliphatic rings. The van der Waals surface area contributed by atoms with Gasteiger partial charge in [0.15, 0.2) is 5.13 Å². The number of ether oxygens (including phenoxy) is 3. The summed E-state index contributed by atoms with van der Waals surface area (Å²) in [6.45, 7) is 7.12. The van der Waals surface area contributed by atoms with Crippen molar-refractivity contribution in [1.82, 2.24) is 4.98 Å². The number of carbonyl (C=O) groups is 2. The van der Waals surface area contributed by atoms with Crippen LogP contribution in [0, 0.1) is 0 Å². The maximum Gasteiger partial charge on any atom is 0.301 e. The van der Waals surface area contributed by atoms with Gasteiger partial charge in [0.25, 0.3) is 5.78 Å². The fraction of sp³-hybridized carbons (Fsp3) is 0.303. The molecule has 216 valence electrons. The van der Waals surface area contributed by atoms with Crippen molar-refractivity contribution >= 4 is 44.1 Å². The summed E-state index contributed by atoms with van der Waals surface area (Å²) in [4.78, 5) is 33.5. The van der Waals surface area contributed by atoms with E-state index < -0.39 is 17.7 Å². The molecule has 2 aliphatic heterocycles. The Hall–Kier alpha value is -4.37. The zero-order valence-electron chi connectivity index (χ0n) is 23.8. The summed E-state index contributed by atoms with van der Waals surface area (Å²) in [7, 11) is 0. The third-order valence-electron chi connectivity index (χ3n) is 7.44. The van der Waals surface area contributed by atoms with Crippen molar-refractivity contribution in [3.05, 3.63) is 82.9 Å². The number of rotatable bonds is 9. The fourth-order valence-electron chi connectivity index (χ4n) is 5.40. The molecule has 6 rings (SSSR count). The number of ketones is 1.